The lowest BCUT2D eigenvalue weighted by molar-refractivity contribution is -0.115. The summed E-state index contributed by atoms with van der Waals surface area (Å²) in [6.45, 7) is 0.0782. The van der Waals surface area contributed by atoms with Crippen LogP contribution in [0.15, 0.2) is 29.3 Å². The van der Waals surface area contributed by atoms with Crippen LogP contribution in [0, 0.1) is 5.82 Å². The van der Waals surface area contributed by atoms with E-state index in [0.29, 0.717) is 22.9 Å². The lowest BCUT2D eigenvalue weighted by atomic mass is 10.2. The molecule has 1 aromatic carbocycles. The number of nitrogens with one attached hydrogen (secondary N) is 3. The number of halogens is 1. The zero-order valence-corrected chi connectivity index (χ0v) is 14.3. The van der Waals surface area contributed by atoms with E-state index in [0.717, 1.165) is 12.8 Å². The van der Waals surface area contributed by atoms with Gasteiger partial charge in [0.05, 0.1) is 6.54 Å². The fourth-order valence-electron chi connectivity index (χ4n) is 2.61. The van der Waals surface area contributed by atoms with Gasteiger partial charge in [-0.05, 0) is 43.7 Å². The Hall–Kier alpha value is -1.76. The standard InChI is InChI=1S/C16H23FN4OS/c1-18-16(21-13-6-7-14(9-13)23-2)19-10-15(22)20-12-5-3-4-11(17)8-12/h3-5,8,13-14H,6-7,9-10H2,1-2H3,(H,20,22)(H2,18,19,21). The zero-order valence-electron chi connectivity index (χ0n) is 13.4. The summed E-state index contributed by atoms with van der Waals surface area (Å²) in [5.41, 5.74) is 0.443. The smallest absolute Gasteiger partial charge is 0.243 e. The van der Waals surface area contributed by atoms with Crippen molar-refractivity contribution < 1.29 is 9.18 Å². The van der Waals surface area contributed by atoms with E-state index in [2.05, 4.69) is 27.2 Å². The van der Waals surface area contributed by atoms with Crippen molar-refractivity contribution in [3.05, 3.63) is 30.1 Å². The van der Waals surface area contributed by atoms with Crippen LogP contribution in [0.4, 0.5) is 10.1 Å². The average Bonchev–Trinajstić information content (AvgIpc) is 2.99. The largest absolute Gasteiger partial charge is 0.354 e. The second-order valence-corrected chi connectivity index (χ2v) is 6.63. The van der Waals surface area contributed by atoms with Gasteiger partial charge in [0.2, 0.25) is 5.91 Å². The van der Waals surface area contributed by atoms with Crippen molar-refractivity contribution >= 4 is 29.3 Å². The molecule has 0 spiro atoms. The van der Waals surface area contributed by atoms with Gasteiger partial charge in [0, 0.05) is 24.0 Å². The maximum Gasteiger partial charge on any atom is 0.243 e. The summed E-state index contributed by atoms with van der Waals surface area (Å²) < 4.78 is 13.1. The fourth-order valence-corrected chi connectivity index (χ4v) is 3.41. The van der Waals surface area contributed by atoms with E-state index < -0.39 is 0 Å². The van der Waals surface area contributed by atoms with Crippen LogP contribution in [0.2, 0.25) is 0 Å². The SMILES string of the molecule is CN=C(NCC(=O)Nc1cccc(F)c1)NC1CCC(SC)C1. The van der Waals surface area contributed by atoms with E-state index in [1.54, 1.807) is 19.2 Å². The quantitative estimate of drug-likeness (QED) is 0.569. The highest BCUT2D eigenvalue weighted by Crippen LogP contribution is 2.27. The molecule has 7 heteroatoms. The van der Waals surface area contributed by atoms with Crippen LogP contribution in [0.3, 0.4) is 0 Å². The van der Waals surface area contributed by atoms with Crippen LogP contribution in [-0.4, -0.2) is 43.0 Å². The highest BCUT2D eigenvalue weighted by Gasteiger charge is 2.24. The van der Waals surface area contributed by atoms with Crippen LogP contribution in [0.5, 0.6) is 0 Å². The summed E-state index contributed by atoms with van der Waals surface area (Å²) in [6.07, 6.45) is 5.56. The molecule has 3 N–H and O–H groups in total. The van der Waals surface area contributed by atoms with Crippen molar-refractivity contribution in [2.45, 2.75) is 30.6 Å². The first-order valence-corrected chi connectivity index (χ1v) is 8.95. The minimum atomic E-state index is -0.377. The van der Waals surface area contributed by atoms with E-state index in [1.807, 2.05) is 11.8 Å². The van der Waals surface area contributed by atoms with Crippen LogP contribution >= 0.6 is 11.8 Å². The summed E-state index contributed by atoms with van der Waals surface area (Å²) in [5.74, 6) is -0.00377. The Morgan fingerprint density at radius 2 is 2.26 bits per heavy atom. The summed E-state index contributed by atoms with van der Waals surface area (Å²) >= 11 is 1.90. The molecular formula is C16H23FN4OS. The van der Waals surface area contributed by atoms with Gasteiger partial charge < -0.3 is 16.0 Å². The molecule has 1 aromatic rings. The molecule has 126 valence electrons. The van der Waals surface area contributed by atoms with Crippen LogP contribution in [0.25, 0.3) is 0 Å². The topological polar surface area (TPSA) is 65.5 Å². The normalized spacial score (nSPS) is 21.1. The third-order valence-electron chi connectivity index (χ3n) is 3.81. The first-order chi connectivity index (χ1) is 11.1. The Bertz CT molecular complexity index is 567. The van der Waals surface area contributed by atoms with Crippen molar-refractivity contribution in [1.29, 1.82) is 0 Å². The summed E-state index contributed by atoms with van der Waals surface area (Å²) in [5, 5.41) is 9.67. The third-order valence-corrected chi connectivity index (χ3v) is 4.90. The number of nitrogens with zero attached hydrogens (tertiary/aromatic N) is 1. The second-order valence-electron chi connectivity index (χ2n) is 5.50. The van der Waals surface area contributed by atoms with Gasteiger partial charge in [-0.1, -0.05) is 6.07 Å². The van der Waals surface area contributed by atoms with Gasteiger partial charge in [-0.25, -0.2) is 4.39 Å². The molecule has 0 aromatic heterocycles. The van der Waals surface area contributed by atoms with Gasteiger partial charge >= 0.3 is 0 Å². The lowest BCUT2D eigenvalue weighted by Crippen LogP contribution is -2.45. The maximum absolute atomic E-state index is 13.1. The van der Waals surface area contributed by atoms with Gasteiger partial charge in [0.1, 0.15) is 5.82 Å². The van der Waals surface area contributed by atoms with Gasteiger partial charge in [0.15, 0.2) is 5.96 Å². The molecule has 0 radical (unpaired) electrons. The van der Waals surface area contributed by atoms with Crippen molar-refractivity contribution in [3.8, 4) is 0 Å². The van der Waals surface area contributed by atoms with E-state index in [9.17, 15) is 9.18 Å². The first-order valence-electron chi connectivity index (χ1n) is 7.66. The molecule has 0 saturated heterocycles. The Morgan fingerprint density at radius 3 is 2.91 bits per heavy atom. The fraction of sp³-hybridized carbons (Fsp3) is 0.500. The lowest BCUT2D eigenvalue weighted by Gasteiger charge is -2.17. The molecule has 0 bridgehead atoms. The van der Waals surface area contributed by atoms with Crippen molar-refractivity contribution in [2.75, 3.05) is 25.2 Å². The van der Waals surface area contributed by atoms with E-state index >= 15 is 0 Å². The minimum absolute atomic E-state index is 0.0782. The van der Waals surface area contributed by atoms with Crippen molar-refractivity contribution in [3.63, 3.8) is 0 Å². The highest BCUT2D eigenvalue weighted by molar-refractivity contribution is 7.99. The molecule has 2 unspecified atom stereocenters. The highest BCUT2D eigenvalue weighted by atomic mass is 32.2. The molecule has 5 nitrogen and oxygen atoms in total. The zero-order chi connectivity index (χ0) is 16.7. The van der Waals surface area contributed by atoms with Crippen LogP contribution in [0.1, 0.15) is 19.3 Å². The number of hydrogen-bond donors (Lipinski definition) is 3. The predicted octanol–water partition coefficient (Wildman–Crippen LogP) is 2.21. The molecule has 1 aliphatic carbocycles. The van der Waals surface area contributed by atoms with E-state index in [-0.39, 0.29) is 18.3 Å². The molecular weight excluding hydrogens is 315 g/mol. The molecule has 0 aliphatic heterocycles. The van der Waals surface area contributed by atoms with Gasteiger partial charge in [-0.15, -0.1) is 0 Å². The number of thioether (sulfide) groups is 1. The molecule has 1 amide bonds. The summed E-state index contributed by atoms with van der Waals surface area (Å²) in [4.78, 5) is 16.0. The number of amides is 1. The molecule has 1 fully saturated rings. The molecule has 0 heterocycles. The first kappa shape index (κ1) is 17.6. The number of aliphatic imine (C=N–C) groups is 1. The summed E-state index contributed by atoms with van der Waals surface area (Å²) in [6, 6.07) is 6.22. The molecule has 1 aliphatic rings. The number of carbonyl (C=O) groups excluding carboxylic acids is 1. The van der Waals surface area contributed by atoms with Gasteiger partial charge in [0.25, 0.3) is 0 Å². The minimum Gasteiger partial charge on any atom is -0.354 e. The number of anilines is 1. The van der Waals surface area contributed by atoms with Crippen molar-refractivity contribution in [2.24, 2.45) is 4.99 Å². The number of rotatable bonds is 5. The Balaban J connectivity index is 1.76. The Kier molecular flexibility index (Phi) is 6.70. The van der Waals surface area contributed by atoms with E-state index in [1.165, 1.54) is 18.6 Å². The number of carbonyl (C=O) groups is 1. The second kappa shape index (κ2) is 8.76. The number of benzene rings is 1. The van der Waals surface area contributed by atoms with Gasteiger partial charge in [-0.3, -0.25) is 9.79 Å². The Labute approximate surface area is 140 Å². The maximum atomic E-state index is 13.1. The Morgan fingerprint density at radius 1 is 1.43 bits per heavy atom. The summed E-state index contributed by atoms with van der Waals surface area (Å²) in [7, 11) is 1.68. The van der Waals surface area contributed by atoms with Crippen LogP contribution in [-0.2, 0) is 4.79 Å². The molecule has 23 heavy (non-hydrogen) atoms. The average molecular weight is 338 g/mol. The number of guanidine groups is 1. The number of hydrogen-bond acceptors (Lipinski definition) is 3. The third kappa shape index (κ3) is 5.74. The molecule has 2 rings (SSSR count). The predicted molar refractivity (Wildman–Crippen MR) is 94.5 cm³/mol. The molecule has 2 atom stereocenters. The van der Waals surface area contributed by atoms with Crippen LogP contribution < -0.4 is 16.0 Å². The van der Waals surface area contributed by atoms with Gasteiger partial charge in [-0.2, -0.15) is 11.8 Å². The van der Waals surface area contributed by atoms with Crippen molar-refractivity contribution in [1.82, 2.24) is 10.6 Å². The molecule has 1 saturated carbocycles. The van der Waals surface area contributed by atoms with E-state index in [4.69, 9.17) is 0 Å². The monoisotopic (exact) mass is 338 g/mol.